The van der Waals surface area contributed by atoms with Crippen molar-refractivity contribution >= 4 is 17.5 Å². The molecule has 2 aromatic carbocycles. The minimum atomic E-state index is -0.613. The molecule has 0 radical (unpaired) electrons. The van der Waals surface area contributed by atoms with Crippen LogP contribution in [0.5, 0.6) is 0 Å². The van der Waals surface area contributed by atoms with E-state index in [4.69, 9.17) is 22.4 Å². The molecule has 0 bridgehead atoms. The summed E-state index contributed by atoms with van der Waals surface area (Å²) in [6.45, 7) is 6.00. The van der Waals surface area contributed by atoms with Crippen molar-refractivity contribution in [3.63, 3.8) is 0 Å². The second-order valence-electron chi connectivity index (χ2n) is 7.18. The van der Waals surface area contributed by atoms with Gasteiger partial charge in [-0.2, -0.15) is 5.10 Å². The Morgan fingerprint density at radius 2 is 1.89 bits per heavy atom. The highest BCUT2D eigenvalue weighted by atomic mass is 35.5. The molecule has 146 valence electrons. The van der Waals surface area contributed by atoms with Gasteiger partial charge in [0.1, 0.15) is 5.82 Å². The van der Waals surface area contributed by atoms with E-state index in [9.17, 15) is 9.18 Å². The van der Waals surface area contributed by atoms with E-state index < -0.39 is 17.6 Å². The molecule has 1 unspecified atom stereocenters. The molecule has 0 aliphatic heterocycles. The van der Waals surface area contributed by atoms with E-state index in [1.165, 1.54) is 12.1 Å². The summed E-state index contributed by atoms with van der Waals surface area (Å²) in [4.78, 5) is 12.4. The van der Waals surface area contributed by atoms with Gasteiger partial charge in [-0.3, -0.25) is 4.79 Å². The smallest absolute Gasteiger partial charge is 0.225 e. The van der Waals surface area contributed by atoms with Gasteiger partial charge in [0.25, 0.3) is 0 Å². The molecule has 0 saturated carbocycles. The van der Waals surface area contributed by atoms with Crippen LogP contribution in [0.4, 0.5) is 4.39 Å². The number of hydrogen-bond donors (Lipinski definition) is 1. The number of nitrogens with two attached hydrogens (primary N) is 1. The lowest BCUT2D eigenvalue weighted by Crippen LogP contribution is -2.25. The van der Waals surface area contributed by atoms with Gasteiger partial charge in [-0.05, 0) is 49.1 Å². The molecule has 1 aromatic heterocycles. The summed E-state index contributed by atoms with van der Waals surface area (Å²) < 4.78 is 15.2. The van der Waals surface area contributed by atoms with E-state index in [1.54, 1.807) is 6.07 Å². The second kappa shape index (κ2) is 8.15. The molecule has 28 heavy (non-hydrogen) atoms. The molecule has 1 amide bonds. The lowest BCUT2D eigenvalue weighted by atomic mass is 9.87. The fraction of sp³-hybridized carbons (Fsp3) is 0.273. The van der Waals surface area contributed by atoms with Crippen LogP contribution in [0.25, 0.3) is 5.69 Å². The van der Waals surface area contributed by atoms with Crippen molar-refractivity contribution in [1.82, 2.24) is 9.78 Å². The zero-order chi connectivity index (χ0) is 20.4. The van der Waals surface area contributed by atoms with Crippen molar-refractivity contribution in [2.75, 3.05) is 0 Å². The molecule has 2 N–H and O–H groups in total. The number of aromatic nitrogens is 2. The van der Waals surface area contributed by atoms with Crippen LogP contribution in [-0.2, 0) is 11.2 Å². The van der Waals surface area contributed by atoms with Gasteiger partial charge in [-0.15, -0.1) is 0 Å². The Balaban J connectivity index is 2.12. The van der Waals surface area contributed by atoms with Crippen molar-refractivity contribution in [2.24, 2.45) is 5.73 Å². The van der Waals surface area contributed by atoms with Gasteiger partial charge < -0.3 is 5.73 Å². The van der Waals surface area contributed by atoms with Crippen molar-refractivity contribution < 1.29 is 9.18 Å². The first-order chi connectivity index (χ1) is 13.3. The van der Waals surface area contributed by atoms with Crippen molar-refractivity contribution in [3.05, 3.63) is 81.9 Å². The number of rotatable bonds is 6. The fourth-order valence-electron chi connectivity index (χ4n) is 3.47. The Hall–Kier alpha value is -2.66. The summed E-state index contributed by atoms with van der Waals surface area (Å²) >= 11 is 6.20. The van der Waals surface area contributed by atoms with Crippen LogP contribution in [0, 0.1) is 12.7 Å². The van der Waals surface area contributed by atoms with Crippen molar-refractivity contribution in [2.45, 2.75) is 39.0 Å². The first-order valence-electron chi connectivity index (χ1n) is 9.17. The predicted molar refractivity (Wildman–Crippen MR) is 109 cm³/mol. The van der Waals surface area contributed by atoms with Crippen LogP contribution in [-0.4, -0.2) is 15.7 Å². The van der Waals surface area contributed by atoms with Crippen LogP contribution in [0.3, 0.4) is 0 Å². The standard InChI is InChI=1S/C22H23ClFN3O/c1-13(2)21-20(14(3)27(26-21)17-7-5-4-6-8-17)18(22(25)28)11-15-9-10-16(24)12-19(15)23/h4-10,12-13,18H,11H2,1-3H3,(H2,25,28). The van der Waals surface area contributed by atoms with Crippen molar-refractivity contribution in [1.29, 1.82) is 0 Å². The van der Waals surface area contributed by atoms with Gasteiger partial charge in [0, 0.05) is 16.3 Å². The van der Waals surface area contributed by atoms with Gasteiger partial charge in [0.2, 0.25) is 5.91 Å². The van der Waals surface area contributed by atoms with E-state index in [0.29, 0.717) is 5.56 Å². The van der Waals surface area contributed by atoms with E-state index >= 15 is 0 Å². The molecule has 0 saturated heterocycles. The van der Waals surface area contributed by atoms with Crippen molar-refractivity contribution in [3.8, 4) is 5.69 Å². The fourth-order valence-corrected chi connectivity index (χ4v) is 3.71. The molecule has 0 spiro atoms. The average Bonchev–Trinajstić information content (AvgIpc) is 2.99. The molecule has 6 heteroatoms. The van der Waals surface area contributed by atoms with E-state index in [2.05, 4.69) is 0 Å². The Morgan fingerprint density at radius 3 is 2.46 bits per heavy atom. The van der Waals surface area contributed by atoms with Gasteiger partial charge >= 0.3 is 0 Å². The van der Waals surface area contributed by atoms with Gasteiger partial charge in [-0.25, -0.2) is 9.07 Å². The summed E-state index contributed by atoms with van der Waals surface area (Å²) in [6.07, 6.45) is 0.287. The van der Waals surface area contributed by atoms with E-state index in [0.717, 1.165) is 22.6 Å². The maximum Gasteiger partial charge on any atom is 0.225 e. The van der Waals surface area contributed by atoms with Gasteiger partial charge in [0.05, 0.1) is 17.3 Å². The number of primary amides is 1. The number of benzene rings is 2. The molecule has 0 aliphatic carbocycles. The number of nitrogens with zero attached hydrogens (tertiary/aromatic N) is 2. The molecular weight excluding hydrogens is 377 g/mol. The third-order valence-corrected chi connectivity index (χ3v) is 5.22. The molecule has 0 aliphatic rings. The predicted octanol–water partition coefficient (Wildman–Crippen LogP) is 4.91. The maximum atomic E-state index is 13.4. The number of halogens is 2. The highest BCUT2D eigenvalue weighted by Crippen LogP contribution is 2.34. The molecule has 4 nitrogen and oxygen atoms in total. The van der Waals surface area contributed by atoms with Crippen LogP contribution in [0.2, 0.25) is 5.02 Å². The summed E-state index contributed by atoms with van der Waals surface area (Å²) in [5, 5.41) is 5.06. The molecular formula is C22H23ClFN3O. The number of amides is 1. The third-order valence-electron chi connectivity index (χ3n) is 4.87. The minimum absolute atomic E-state index is 0.101. The molecule has 1 atom stereocenters. The number of para-hydroxylation sites is 1. The van der Waals surface area contributed by atoms with Gasteiger partial charge in [-0.1, -0.05) is 49.7 Å². The van der Waals surface area contributed by atoms with E-state index in [-0.39, 0.29) is 17.4 Å². The molecule has 0 fully saturated rings. The van der Waals surface area contributed by atoms with Crippen LogP contribution in [0.1, 0.15) is 48.2 Å². The van der Waals surface area contributed by atoms with Crippen LogP contribution >= 0.6 is 11.6 Å². The molecule has 1 heterocycles. The first-order valence-corrected chi connectivity index (χ1v) is 9.55. The summed E-state index contributed by atoms with van der Waals surface area (Å²) in [6, 6.07) is 13.9. The zero-order valence-electron chi connectivity index (χ0n) is 16.1. The maximum absolute atomic E-state index is 13.4. The highest BCUT2D eigenvalue weighted by molar-refractivity contribution is 6.31. The average molecular weight is 400 g/mol. The monoisotopic (exact) mass is 399 g/mol. The quantitative estimate of drug-likeness (QED) is 0.640. The Labute approximate surface area is 169 Å². The zero-order valence-corrected chi connectivity index (χ0v) is 16.9. The first kappa shape index (κ1) is 20.1. The largest absolute Gasteiger partial charge is 0.369 e. The Kier molecular flexibility index (Phi) is 5.84. The number of carbonyl (C=O) groups is 1. The highest BCUT2D eigenvalue weighted by Gasteiger charge is 2.29. The molecule has 3 aromatic rings. The normalized spacial score (nSPS) is 12.4. The van der Waals surface area contributed by atoms with Crippen LogP contribution in [0.15, 0.2) is 48.5 Å². The van der Waals surface area contributed by atoms with Gasteiger partial charge in [0.15, 0.2) is 0 Å². The summed E-state index contributed by atoms with van der Waals surface area (Å²) in [7, 11) is 0. The summed E-state index contributed by atoms with van der Waals surface area (Å²) in [5.74, 6) is -1.39. The number of carbonyl (C=O) groups excluding carboxylic acids is 1. The van der Waals surface area contributed by atoms with Crippen LogP contribution < -0.4 is 5.73 Å². The lowest BCUT2D eigenvalue weighted by Gasteiger charge is -2.17. The second-order valence-corrected chi connectivity index (χ2v) is 7.59. The number of hydrogen-bond acceptors (Lipinski definition) is 2. The van der Waals surface area contributed by atoms with E-state index in [1.807, 2.05) is 55.8 Å². The Bertz CT molecular complexity index is 999. The summed E-state index contributed by atoms with van der Waals surface area (Å²) in [5.41, 5.74) is 9.87. The molecule has 3 rings (SSSR count). The lowest BCUT2D eigenvalue weighted by molar-refractivity contribution is -0.119. The minimum Gasteiger partial charge on any atom is -0.369 e. The Morgan fingerprint density at radius 1 is 1.21 bits per heavy atom. The third kappa shape index (κ3) is 3.94. The SMILES string of the molecule is Cc1c(C(Cc2ccc(F)cc2Cl)C(N)=O)c(C(C)C)nn1-c1ccccc1. The topological polar surface area (TPSA) is 60.9 Å².